The third kappa shape index (κ3) is 4.60. The van der Waals surface area contributed by atoms with Crippen molar-refractivity contribution in [1.29, 1.82) is 0 Å². The Labute approximate surface area is 175 Å². The fraction of sp³-hybridized carbons (Fsp3) is 0.200. The average molecular weight is 430 g/mol. The van der Waals surface area contributed by atoms with Crippen LogP contribution in [-0.4, -0.2) is 44.6 Å². The molecule has 1 aromatic heterocycles. The lowest BCUT2D eigenvalue weighted by Crippen LogP contribution is -2.47. The number of anilines is 3. The molecule has 150 valence electrons. The van der Waals surface area contributed by atoms with Gasteiger partial charge in [0.05, 0.1) is 23.0 Å². The number of hydrogen-bond donors (Lipinski definition) is 1. The van der Waals surface area contributed by atoms with E-state index in [0.29, 0.717) is 16.7 Å². The number of piperazine rings is 1. The molecule has 0 spiro atoms. The lowest BCUT2D eigenvalue weighted by Gasteiger charge is -2.36. The van der Waals surface area contributed by atoms with E-state index >= 15 is 0 Å². The van der Waals surface area contributed by atoms with Crippen molar-refractivity contribution in [2.24, 2.45) is 0 Å². The first-order valence-corrected chi connectivity index (χ1v) is 11.0. The third-order valence-corrected chi connectivity index (χ3v) is 6.35. The first-order chi connectivity index (χ1) is 14.0. The van der Waals surface area contributed by atoms with Gasteiger partial charge in [-0.25, -0.2) is 18.4 Å². The number of aromatic nitrogens is 2. The van der Waals surface area contributed by atoms with Crippen molar-refractivity contribution in [3.63, 3.8) is 0 Å². The zero-order valence-electron chi connectivity index (χ0n) is 15.6. The van der Waals surface area contributed by atoms with Gasteiger partial charge in [-0.2, -0.15) is 0 Å². The number of sulfonamides is 1. The van der Waals surface area contributed by atoms with E-state index in [1.54, 1.807) is 0 Å². The SMILES string of the molecule is O=S(=O)(Nc1cnc(N2CCN(c3ccccc3)CC2)nc1)c1ccc(Cl)cc1. The fourth-order valence-corrected chi connectivity index (χ4v) is 4.32. The minimum Gasteiger partial charge on any atom is -0.368 e. The van der Waals surface area contributed by atoms with Gasteiger partial charge in [-0.15, -0.1) is 0 Å². The Morgan fingerprint density at radius 1 is 0.828 bits per heavy atom. The predicted octanol–water partition coefficient (Wildman–Crippen LogP) is 3.26. The second kappa shape index (κ2) is 8.26. The van der Waals surface area contributed by atoms with E-state index in [2.05, 4.69) is 36.6 Å². The highest BCUT2D eigenvalue weighted by Crippen LogP contribution is 2.20. The van der Waals surface area contributed by atoms with Crippen LogP contribution in [0, 0.1) is 0 Å². The molecule has 1 saturated heterocycles. The zero-order chi connectivity index (χ0) is 20.3. The molecule has 0 radical (unpaired) electrons. The Hall–Kier alpha value is -2.84. The number of benzene rings is 2. The largest absolute Gasteiger partial charge is 0.368 e. The molecule has 1 aliphatic rings. The van der Waals surface area contributed by atoms with Gasteiger partial charge >= 0.3 is 0 Å². The summed E-state index contributed by atoms with van der Waals surface area (Å²) in [6, 6.07) is 16.3. The van der Waals surface area contributed by atoms with E-state index in [-0.39, 0.29) is 4.90 Å². The molecule has 0 saturated carbocycles. The van der Waals surface area contributed by atoms with Gasteiger partial charge in [0, 0.05) is 36.9 Å². The maximum absolute atomic E-state index is 12.4. The number of nitrogens with one attached hydrogen (secondary N) is 1. The molecule has 3 aromatic rings. The van der Waals surface area contributed by atoms with Crippen molar-refractivity contribution in [3.05, 3.63) is 72.0 Å². The topological polar surface area (TPSA) is 78.4 Å². The van der Waals surface area contributed by atoms with Gasteiger partial charge in [0.15, 0.2) is 0 Å². The Balaban J connectivity index is 1.39. The van der Waals surface area contributed by atoms with Crippen LogP contribution in [0.5, 0.6) is 0 Å². The highest BCUT2D eigenvalue weighted by molar-refractivity contribution is 7.92. The summed E-state index contributed by atoms with van der Waals surface area (Å²) in [5, 5.41) is 0.476. The van der Waals surface area contributed by atoms with Gasteiger partial charge in [-0.1, -0.05) is 29.8 Å². The Morgan fingerprint density at radius 3 is 2.03 bits per heavy atom. The smallest absolute Gasteiger partial charge is 0.261 e. The first-order valence-electron chi connectivity index (χ1n) is 9.17. The summed E-state index contributed by atoms with van der Waals surface area (Å²) < 4.78 is 27.4. The predicted molar refractivity (Wildman–Crippen MR) is 115 cm³/mol. The molecule has 1 aliphatic heterocycles. The monoisotopic (exact) mass is 429 g/mol. The Morgan fingerprint density at radius 2 is 1.41 bits per heavy atom. The van der Waals surface area contributed by atoms with Crippen molar-refractivity contribution in [2.75, 3.05) is 40.7 Å². The quantitative estimate of drug-likeness (QED) is 0.670. The van der Waals surface area contributed by atoms with E-state index < -0.39 is 10.0 Å². The van der Waals surface area contributed by atoms with Crippen molar-refractivity contribution in [2.45, 2.75) is 4.90 Å². The number of nitrogens with zero attached hydrogens (tertiary/aromatic N) is 4. The molecule has 4 rings (SSSR count). The van der Waals surface area contributed by atoms with Crippen molar-refractivity contribution >= 4 is 38.9 Å². The van der Waals surface area contributed by atoms with E-state index in [1.807, 2.05) is 18.2 Å². The molecule has 0 unspecified atom stereocenters. The number of rotatable bonds is 5. The normalized spacial score (nSPS) is 14.7. The van der Waals surface area contributed by atoms with Crippen molar-refractivity contribution in [1.82, 2.24) is 9.97 Å². The minimum atomic E-state index is -3.71. The molecule has 0 atom stereocenters. The molecule has 9 heteroatoms. The highest BCUT2D eigenvalue weighted by atomic mass is 35.5. The van der Waals surface area contributed by atoms with E-state index in [0.717, 1.165) is 26.2 Å². The number of hydrogen-bond acceptors (Lipinski definition) is 6. The van der Waals surface area contributed by atoms with Gasteiger partial charge in [0.1, 0.15) is 0 Å². The summed E-state index contributed by atoms with van der Waals surface area (Å²) in [5.41, 5.74) is 1.52. The second-order valence-corrected chi connectivity index (χ2v) is 8.76. The molecular weight excluding hydrogens is 410 g/mol. The van der Waals surface area contributed by atoms with Crippen LogP contribution in [0.1, 0.15) is 0 Å². The molecule has 0 bridgehead atoms. The molecular formula is C20H20ClN5O2S. The molecule has 2 heterocycles. The van der Waals surface area contributed by atoms with Gasteiger partial charge in [0.2, 0.25) is 5.95 Å². The average Bonchev–Trinajstić information content (AvgIpc) is 2.75. The summed E-state index contributed by atoms with van der Waals surface area (Å²) in [6.45, 7) is 3.34. The van der Waals surface area contributed by atoms with Crippen LogP contribution in [0.4, 0.5) is 17.3 Å². The molecule has 0 amide bonds. The maximum Gasteiger partial charge on any atom is 0.261 e. The summed E-state index contributed by atoms with van der Waals surface area (Å²) in [4.78, 5) is 13.2. The van der Waals surface area contributed by atoms with Gasteiger partial charge in [-0.3, -0.25) is 4.72 Å². The summed E-state index contributed by atoms with van der Waals surface area (Å²) in [5.74, 6) is 0.590. The van der Waals surface area contributed by atoms with Crippen LogP contribution in [-0.2, 0) is 10.0 Å². The standard InChI is InChI=1S/C20H20ClN5O2S/c21-16-6-8-19(9-7-16)29(27,28)24-17-14-22-20(23-15-17)26-12-10-25(11-13-26)18-4-2-1-3-5-18/h1-9,14-15,24H,10-13H2. The summed E-state index contributed by atoms with van der Waals surface area (Å²) in [6.07, 6.45) is 2.97. The lowest BCUT2D eigenvalue weighted by atomic mass is 10.2. The first kappa shape index (κ1) is 19.5. The molecule has 29 heavy (non-hydrogen) atoms. The minimum absolute atomic E-state index is 0.128. The highest BCUT2D eigenvalue weighted by Gasteiger charge is 2.20. The molecule has 0 aliphatic carbocycles. The number of halogens is 1. The van der Waals surface area contributed by atoms with E-state index in [1.165, 1.54) is 42.3 Å². The molecule has 1 N–H and O–H groups in total. The lowest BCUT2D eigenvalue weighted by molar-refractivity contribution is 0.601. The zero-order valence-corrected chi connectivity index (χ0v) is 17.1. The third-order valence-electron chi connectivity index (χ3n) is 4.70. The number of para-hydroxylation sites is 1. The van der Waals surface area contributed by atoms with Crippen LogP contribution in [0.3, 0.4) is 0 Å². The Kier molecular flexibility index (Phi) is 5.55. The van der Waals surface area contributed by atoms with Gasteiger partial charge in [-0.05, 0) is 36.4 Å². The van der Waals surface area contributed by atoms with Gasteiger partial charge in [0.25, 0.3) is 10.0 Å². The Bertz CT molecular complexity index is 1050. The summed E-state index contributed by atoms with van der Waals surface area (Å²) >= 11 is 5.81. The van der Waals surface area contributed by atoms with Crippen LogP contribution in [0.15, 0.2) is 71.9 Å². The van der Waals surface area contributed by atoms with Crippen molar-refractivity contribution in [3.8, 4) is 0 Å². The molecule has 1 fully saturated rings. The summed E-state index contributed by atoms with van der Waals surface area (Å²) in [7, 11) is -3.71. The van der Waals surface area contributed by atoms with Crippen LogP contribution < -0.4 is 14.5 Å². The fourth-order valence-electron chi connectivity index (χ4n) is 3.17. The molecule has 7 nitrogen and oxygen atoms in total. The van der Waals surface area contributed by atoms with Crippen molar-refractivity contribution < 1.29 is 8.42 Å². The van der Waals surface area contributed by atoms with Crippen LogP contribution in [0.2, 0.25) is 5.02 Å². The van der Waals surface area contributed by atoms with Crippen LogP contribution >= 0.6 is 11.6 Å². The van der Waals surface area contributed by atoms with Gasteiger partial charge < -0.3 is 9.80 Å². The van der Waals surface area contributed by atoms with Crippen LogP contribution in [0.25, 0.3) is 0 Å². The van der Waals surface area contributed by atoms with E-state index in [9.17, 15) is 8.42 Å². The second-order valence-electron chi connectivity index (χ2n) is 6.64. The van der Waals surface area contributed by atoms with E-state index in [4.69, 9.17) is 11.6 Å². The molecule has 2 aromatic carbocycles. The maximum atomic E-state index is 12.4.